The number of nitrogens with zero attached hydrogens (tertiary/aromatic N) is 2. The maximum atomic E-state index is 12.2. The van der Waals surface area contributed by atoms with Crippen LogP contribution in [0.2, 0.25) is 0 Å². The minimum absolute atomic E-state index is 0.0394. The van der Waals surface area contributed by atoms with Crippen LogP contribution in [0.5, 0.6) is 5.75 Å². The third-order valence-corrected chi connectivity index (χ3v) is 3.88. The number of benzene rings is 2. The Morgan fingerprint density at radius 2 is 1.92 bits per heavy atom. The van der Waals surface area contributed by atoms with E-state index in [9.17, 15) is 9.59 Å². The minimum atomic E-state index is -0.301. The van der Waals surface area contributed by atoms with Crippen molar-refractivity contribution in [1.82, 2.24) is 4.90 Å². The largest absolute Gasteiger partial charge is 0.497 e. The highest BCUT2D eigenvalue weighted by Gasteiger charge is 2.14. The smallest absolute Gasteiger partial charge is 0.243 e. The lowest BCUT2D eigenvalue weighted by molar-refractivity contribution is -0.132. The summed E-state index contributed by atoms with van der Waals surface area (Å²) in [7, 11) is 1.61. The number of carbonyl (C=O) groups is 2. The van der Waals surface area contributed by atoms with Crippen molar-refractivity contribution in [2.75, 3.05) is 25.5 Å². The van der Waals surface area contributed by atoms with Crippen LogP contribution in [0.3, 0.4) is 0 Å². The standard InChI is InChI=1S/C20H21N3O3/c1-15(24)23(11-10-16-6-8-19(26-2)9-7-16)14-20(25)22-18-5-3-4-17(12-18)13-21/h3-9,12H,10-11,14H2,1-2H3,(H,22,25). The van der Waals surface area contributed by atoms with Gasteiger partial charge in [0.05, 0.1) is 25.3 Å². The zero-order valence-electron chi connectivity index (χ0n) is 14.9. The van der Waals surface area contributed by atoms with Gasteiger partial charge < -0.3 is 15.0 Å². The zero-order chi connectivity index (χ0) is 18.9. The van der Waals surface area contributed by atoms with Crippen molar-refractivity contribution in [1.29, 1.82) is 5.26 Å². The molecule has 0 spiro atoms. The van der Waals surface area contributed by atoms with Crippen LogP contribution in [0.4, 0.5) is 5.69 Å². The molecule has 0 saturated carbocycles. The predicted molar refractivity (Wildman–Crippen MR) is 98.7 cm³/mol. The molecule has 0 saturated heterocycles. The monoisotopic (exact) mass is 351 g/mol. The number of methoxy groups -OCH3 is 1. The summed E-state index contributed by atoms with van der Waals surface area (Å²) in [5, 5.41) is 11.6. The molecule has 0 aliphatic carbocycles. The van der Waals surface area contributed by atoms with Crippen molar-refractivity contribution in [3.63, 3.8) is 0 Å². The number of nitriles is 1. The molecule has 0 fully saturated rings. The van der Waals surface area contributed by atoms with Crippen LogP contribution in [0.1, 0.15) is 18.1 Å². The van der Waals surface area contributed by atoms with Gasteiger partial charge in [0, 0.05) is 19.2 Å². The van der Waals surface area contributed by atoms with E-state index in [-0.39, 0.29) is 18.4 Å². The fraction of sp³-hybridized carbons (Fsp3) is 0.250. The van der Waals surface area contributed by atoms with Crippen LogP contribution in [0.25, 0.3) is 0 Å². The van der Waals surface area contributed by atoms with E-state index in [0.717, 1.165) is 11.3 Å². The summed E-state index contributed by atoms with van der Waals surface area (Å²) in [4.78, 5) is 25.5. The summed E-state index contributed by atoms with van der Waals surface area (Å²) in [6.07, 6.45) is 0.640. The summed E-state index contributed by atoms with van der Waals surface area (Å²) < 4.78 is 5.12. The fourth-order valence-corrected chi connectivity index (χ4v) is 2.44. The topological polar surface area (TPSA) is 82.4 Å². The Hall–Kier alpha value is -3.33. The average Bonchev–Trinajstić information content (AvgIpc) is 2.65. The normalized spacial score (nSPS) is 9.88. The number of nitrogens with one attached hydrogen (secondary N) is 1. The predicted octanol–water partition coefficient (Wildman–Crippen LogP) is 2.60. The van der Waals surface area contributed by atoms with Gasteiger partial charge in [0.1, 0.15) is 5.75 Å². The van der Waals surface area contributed by atoms with Crippen LogP contribution in [-0.2, 0) is 16.0 Å². The Kier molecular flexibility index (Phi) is 6.75. The quantitative estimate of drug-likeness (QED) is 0.831. The molecule has 26 heavy (non-hydrogen) atoms. The fourth-order valence-electron chi connectivity index (χ4n) is 2.44. The first-order valence-electron chi connectivity index (χ1n) is 8.20. The second-order valence-corrected chi connectivity index (χ2v) is 5.78. The van der Waals surface area contributed by atoms with Crippen molar-refractivity contribution in [3.05, 3.63) is 59.7 Å². The first kappa shape index (κ1) is 19.0. The Morgan fingerprint density at radius 3 is 2.54 bits per heavy atom. The van der Waals surface area contributed by atoms with Gasteiger partial charge >= 0.3 is 0 Å². The number of amides is 2. The molecule has 134 valence electrons. The molecular weight excluding hydrogens is 330 g/mol. The molecule has 6 nitrogen and oxygen atoms in total. The van der Waals surface area contributed by atoms with Gasteiger partial charge in [0.15, 0.2) is 0 Å². The molecule has 6 heteroatoms. The van der Waals surface area contributed by atoms with Crippen LogP contribution in [-0.4, -0.2) is 36.9 Å². The molecule has 2 aromatic carbocycles. The van der Waals surface area contributed by atoms with E-state index in [4.69, 9.17) is 10.00 Å². The van der Waals surface area contributed by atoms with Gasteiger partial charge in [-0.1, -0.05) is 18.2 Å². The van der Waals surface area contributed by atoms with Crippen molar-refractivity contribution in [2.45, 2.75) is 13.3 Å². The number of rotatable bonds is 7. The molecule has 0 unspecified atom stereocenters. The first-order valence-corrected chi connectivity index (χ1v) is 8.20. The van der Waals surface area contributed by atoms with E-state index in [1.165, 1.54) is 11.8 Å². The summed E-state index contributed by atoms with van der Waals surface area (Å²) in [6.45, 7) is 1.84. The molecule has 2 amide bonds. The van der Waals surface area contributed by atoms with E-state index in [0.29, 0.717) is 24.2 Å². The zero-order valence-corrected chi connectivity index (χ0v) is 14.9. The second kappa shape index (κ2) is 9.23. The van der Waals surface area contributed by atoms with E-state index >= 15 is 0 Å². The van der Waals surface area contributed by atoms with Crippen LogP contribution >= 0.6 is 0 Å². The Morgan fingerprint density at radius 1 is 1.19 bits per heavy atom. The summed E-state index contributed by atoms with van der Waals surface area (Å²) in [5.41, 5.74) is 2.05. The first-order chi connectivity index (χ1) is 12.5. The molecule has 0 aromatic heterocycles. The SMILES string of the molecule is COc1ccc(CCN(CC(=O)Nc2cccc(C#N)c2)C(C)=O)cc1. The molecule has 1 N–H and O–H groups in total. The van der Waals surface area contributed by atoms with Gasteiger partial charge in [-0.2, -0.15) is 5.26 Å². The number of hydrogen-bond donors (Lipinski definition) is 1. The van der Waals surface area contributed by atoms with Gasteiger partial charge in [-0.05, 0) is 42.3 Å². The number of anilines is 1. The summed E-state index contributed by atoms with van der Waals surface area (Å²) >= 11 is 0. The third-order valence-electron chi connectivity index (χ3n) is 3.88. The maximum Gasteiger partial charge on any atom is 0.243 e. The van der Waals surface area contributed by atoms with E-state index in [2.05, 4.69) is 5.32 Å². The Balaban J connectivity index is 1.92. The molecule has 0 aliphatic heterocycles. The second-order valence-electron chi connectivity index (χ2n) is 5.78. The number of carbonyl (C=O) groups excluding carboxylic acids is 2. The Labute approximate surface area is 153 Å². The van der Waals surface area contributed by atoms with Crippen molar-refractivity contribution < 1.29 is 14.3 Å². The maximum absolute atomic E-state index is 12.2. The highest BCUT2D eigenvalue weighted by molar-refractivity contribution is 5.94. The lowest BCUT2D eigenvalue weighted by Gasteiger charge is -2.20. The van der Waals surface area contributed by atoms with Gasteiger partial charge in [-0.3, -0.25) is 9.59 Å². The summed E-state index contributed by atoms with van der Waals surface area (Å²) in [6, 6.07) is 16.3. The average molecular weight is 351 g/mol. The molecule has 2 aromatic rings. The Bertz CT molecular complexity index is 810. The minimum Gasteiger partial charge on any atom is -0.497 e. The van der Waals surface area contributed by atoms with Gasteiger partial charge in [0.25, 0.3) is 0 Å². The van der Waals surface area contributed by atoms with E-state index in [1.807, 2.05) is 30.3 Å². The molecule has 0 aliphatic rings. The van der Waals surface area contributed by atoms with Crippen LogP contribution in [0.15, 0.2) is 48.5 Å². The molecule has 2 rings (SSSR count). The molecule has 0 atom stereocenters. The lowest BCUT2D eigenvalue weighted by Crippen LogP contribution is -2.38. The van der Waals surface area contributed by atoms with Gasteiger partial charge in [0.2, 0.25) is 11.8 Å². The van der Waals surface area contributed by atoms with Gasteiger partial charge in [-0.15, -0.1) is 0 Å². The van der Waals surface area contributed by atoms with Crippen molar-refractivity contribution >= 4 is 17.5 Å². The number of hydrogen-bond acceptors (Lipinski definition) is 4. The third kappa shape index (κ3) is 5.64. The molecular formula is C20H21N3O3. The highest BCUT2D eigenvalue weighted by Crippen LogP contribution is 2.13. The van der Waals surface area contributed by atoms with Crippen molar-refractivity contribution in [3.8, 4) is 11.8 Å². The van der Waals surface area contributed by atoms with E-state index in [1.54, 1.807) is 31.4 Å². The van der Waals surface area contributed by atoms with E-state index < -0.39 is 0 Å². The van der Waals surface area contributed by atoms with Crippen LogP contribution in [0, 0.1) is 11.3 Å². The molecule has 0 bridgehead atoms. The highest BCUT2D eigenvalue weighted by atomic mass is 16.5. The van der Waals surface area contributed by atoms with Crippen LogP contribution < -0.4 is 10.1 Å². The number of ether oxygens (including phenoxy) is 1. The summed E-state index contributed by atoms with van der Waals surface area (Å²) in [5.74, 6) is 0.306. The lowest BCUT2D eigenvalue weighted by atomic mass is 10.1. The van der Waals surface area contributed by atoms with Gasteiger partial charge in [-0.25, -0.2) is 0 Å². The van der Waals surface area contributed by atoms with Crippen molar-refractivity contribution in [2.24, 2.45) is 0 Å². The molecule has 0 heterocycles. The molecule has 0 radical (unpaired) electrons.